The summed E-state index contributed by atoms with van der Waals surface area (Å²) in [7, 11) is 1.25. The Bertz CT molecular complexity index is 313. The van der Waals surface area contributed by atoms with Crippen LogP contribution in [-0.2, 0) is 14.3 Å². The van der Waals surface area contributed by atoms with Crippen molar-refractivity contribution in [3.8, 4) is 0 Å². The number of rotatable bonds is 1. The second-order valence-corrected chi connectivity index (χ2v) is 4.67. The highest BCUT2D eigenvalue weighted by atomic mass is 16.6. The van der Waals surface area contributed by atoms with Gasteiger partial charge in [0.05, 0.1) is 7.11 Å². The molecule has 0 aromatic rings. The van der Waals surface area contributed by atoms with Gasteiger partial charge in [0, 0.05) is 7.92 Å². The molecule has 0 unspecified atom stereocenters. The molecule has 2 atom stereocenters. The van der Waals surface area contributed by atoms with Crippen LogP contribution in [-0.4, -0.2) is 42.3 Å². The van der Waals surface area contributed by atoms with Gasteiger partial charge in [0.25, 0.3) is 0 Å². The Kier molecular flexibility index (Phi) is 3.31. The van der Waals surface area contributed by atoms with Gasteiger partial charge in [-0.2, -0.15) is 0 Å². The maximum atomic E-state index is 11.8. The molecule has 0 spiro atoms. The average Bonchev–Trinajstić information content (AvgIpc) is 2.56. The van der Waals surface area contributed by atoms with Gasteiger partial charge >= 0.3 is 12.1 Å². The zero-order chi connectivity index (χ0) is 13.2. The second kappa shape index (κ2) is 4.72. The lowest BCUT2D eigenvalue weighted by molar-refractivity contribution is -0.145. The van der Waals surface area contributed by atoms with E-state index in [4.69, 9.17) is 6.11 Å². The van der Waals surface area contributed by atoms with Crippen molar-refractivity contribution in [2.24, 2.45) is 0 Å². The Balaban J connectivity index is 2.76. The monoisotopic (exact) mass is 230 g/mol. The SMILES string of the molecule is [2H][C@H]1CCN(C(=O)OC(C)(C)C)[C@@H]1C(=O)OC. The lowest BCUT2D eigenvalue weighted by Gasteiger charge is -2.27. The smallest absolute Gasteiger partial charge is 0.411 e. The third-order valence-electron chi connectivity index (χ3n) is 2.17. The first-order valence-electron chi connectivity index (χ1n) is 5.83. The predicted octanol–water partition coefficient (Wildman–Crippen LogP) is 1.56. The molecule has 5 heteroatoms. The third-order valence-corrected chi connectivity index (χ3v) is 2.17. The predicted molar refractivity (Wildman–Crippen MR) is 58.0 cm³/mol. The molecule has 1 aliphatic rings. The van der Waals surface area contributed by atoms with E-state index in [1.54, 1.807) is 20.8 Å². The number of carbonyl (C=O) groups is 2. The van der Waals surface area contributed by atoms with Gasteiger partial charge in [-0.15, -0.1) is 0 Å². The van der Waals surface area contributed by atoms with Crippen LogP contribution < -0.4 is 0 Å². The fourth-order valence-corrected chi connectivity index (χ4v) is 1.51. The van der Waals surface area contributed by atoms with E-state index in [2.05, 4.69) is 4.74 Å². The minimum atomic E-state index is -0.852. The third kappa shape index (κ3) is 3.12. The topological polar surface area (TPSA) is 55.8 Å². The fourth-order valence-electron chi connectivity index (χ4n) is 1.51. The number of hydrogen-bond donors (Lipinski definition) is 0. The van der Waals surface area contributed by atoms with E-state index in [9.17, 15) is 9.59 Å². The minimum Gasteiger partial charge on any atom is -0.467 e. The Morgan fingerprint density at radius 1 is 1.44 bits per heavy atom. The molecule has 5 nitrogen and oxygen atoms in total. The number of carbonyl (C=O) groups excluding carboxylic acids is 2. The fraction of sp³-hybridized carbons (Fsp3) is 0.818. The molecule has 1 rings (SSSR count). The van der Waals surface area contributed by atoms with Crippen LogP contribution in [0, 0.1) is 0 Å². The van der Waals surface area contributed by atoms with E-state index >= 15 is 0 Å². The van der Waals surface area contributed by atoms with Crippen LogP contribution >= 0.6 is 0 Å². The first-order chi connectivity index (χ1) is 7.76. The summed E-state index contributed by atoms with van der Waals surface area (Å²) < 4.78 is 17.5. The first-order valence-corrected chi connectivity index (χ1v) is 5.26. The summed E-state index contributed by atoms with van der Waals surface area (Å²) in [5.41, 5.74) is -0.613. The zero-order valence-electron chi connectivity index (χ0n) is 11.1. The van der Waals surface area contributed by atoms with Crippen molar-refractivity contribution in [3.05, 3.63) is 0 Å². The summed E-state index contributed by atoms with van der Waals surface area (Å²) >= 11 is 0. The lowest BCUT2D eigenvalue weighted by Crippen LogP contribution is -2.43. The van der Waals surface area contributed by atoms with Crippen LogP contribution in [0.2, 0.25) is 0 Å². The summed E-state index contributed by atoms with van der Waals surface area (Å²) in [5.74, 6) is -0.562. The summed E-state index contributed by atoms with van der Waals surface area (Å²) in [4.78, 5) is 24.6. The van der Waals surface area contributed by atoms with Crippen molar-refractivity contribution >= 4 is 12.1 Å². The minimum absolute atomic E-state index is 0.350. The largest absolute Gasteiger partial charge is 0.467 e. The Morgan fingerprint density at radius 2 is 2.06 bits per heavy atom. The second-order valence-electron chi connectivity index (χ2n) is 4.67. The zero-order valence-corrected chi connectivity index (χ0v) is 10.1. The van der Waals surface area contributed by atoms with E-state index in [0.717, 1.165) is 0 Å². The number of methoxy groups -OCH3 is 1. The molecular weight excluding hydrogens is 210 g/mol. The Hall–Kier alpha value is -1.26. The van der Waals surface area contributed by atoms with Crippen LogP contribution in [0.1, 0.15) is 35.0 Å². The number of nitrogens with zero attached hydrogens (tertiary/aromatic N) is 1. The first kappa shape index (κ1) is 11.2. The molecule has 1 heterocycles. The van der Waals surface area contributed by atoms with Crippen LogP contribution in [0.5, 0.6) is 0 Å². The molecule has 1 aliphatic heterocycles. The Labute approximate surface area is 97.1 Å². The van der Waals surface area contributed by atoms with Crippen molar-refractivity contribution in [2.45, 2.75) is 45.2 Å². The molecule has 0 bridgehead atoms. The number of hydrogen-bond acceptors (Lipinski definition) is 4. The van der Waals surface area contributed by atoms with Crippen molar-refractivity contribution in [2.75, 3.05) is 13.7 Å². The van der Waals surface area contributed by atoms with Crippen molar-refractivity contribution < 1.29 is 20.4 Å². The van der Waals surface area contributed by atoms with Gasteiger partial charge in [0.2, 0.25) is 0 Å². The summed E-state index contributed by atoms with van der Waals surface area (Å²) in [6, 6.07) is -0.852. The average molecular weight is 230 g/mol. The molecule has 0 saturated carbocycles. The number of likely N-dealkylation sites (tertiary alicyclic amines) is 1. The van der Waals surface area contributed by atoms with Gasteiger partial charge < -0.3 is 9.47 Å². The van der Waals surface area contributed by atoms with Crippen LogP contribution in [0.4, 0.5) is 4.79 Å². The normalized spacial score (nSPS) is 26.2. The molecule has 1 saturated heterocycles. The summed E-state index contributed by atoms with van der Waals surface area (Å²) in [6.07, 6.45) is -0.753. The molecule has 0 radical (unpaired) electrons. The van der Waals surface area contributed by atoms with E-state index in [0.29, 0.717) is 13.0 Å². The molecule has 16 heavy (non-hydrogen) atoms. The highest BCUT2D eigenvalue weighted by molar-refractivity contribution is 5.82. The van der Waals surface area contributed by atoms with E-state index in [-0.39, 0.29) is 0 Å². The molecule has 92 valence electrons. The van der Waals surface area contributed by atoms with Crippen LogP contribution in [0.15, 0.2) is 0 Å². The van der Waals surface area contributed by atoms with E-state index < -0.39 is 30.1 Å². The standard InChI is InChI=1S/C11H19NO4/c1-11(2,3)16-10(14)12-7-5-6-8(12)9(13)15-4/h8H,5-7H2,1-4H3/t8-/m0/s1/i6D/t6-,8-. The van der Waals surface area contributed by atoms with Gasteiger partial charge in [-0.25, -0.2) is 9.59 Å². The molecule has 0 aliphatic carbocycles. The van der Waals surface area contributed by atoms with Gasteiger partial charge in [0.15, 0.2) is 0 Å². The molecular formula is C11H19NO4. The van der Waals surface area contributed by atoms with Crippen LogP contribution in [0.25, 0.3) is 0 Å². The van der Waals surface area contributed by atoms with Gasteiger partial charge in [0.1, 0.15) is 11.6 Å². The molecule has 1 amide bonds. The summed E-state index contributed by atoms with van der Waals surface area (Å²) in [5, 5.41) is 0. The van der Waals surface area contributed by atoms with Gasteiger partial charge in [-0.3, -0.25) is 4.90 Å². The molecule has 0 aromatic carbocycles. The van der Waals surface area contributed by atoms with Gasteiger partial charge in [-0.05, 0) is 33.6 Å². The van der Waals surface area contributed by atoms with Crippen molar-refractivity contribution in [3.63, 3.8) is 0 Å². The van der Waals surface area contributed by atoms with Crippen LogP contribution in [0.3, 0.4) is 0 Å². The maximum absolute atomic E-state index is 11.8. The molecule has 0 aromatic heterocycles. The Morgan fingerprint density at radius 3 is 2.56 bits per heavy atom. The van der Waals surface area contributed by atoms with E-state index in [1.807, 2.05) is 0 Å². The quantitative estimate of drug-likeness (QED) is 0.641. The van der Waals surface area contributed by atoms with Crippen molar-refractivity contribution in [1.29, 1.82) is 0 Å². The highest BCUT2D eigenvalue weighted by Gasteiger charge is 2.37. The highest BCUT2D eigenvalue weighted by Crippen LogP contribution is 2.21. The number of amides is 1. The molecule has 1 fully saturated rings. The maximum Gasteiger partial charge on any atom is 0.411 e. The number of ether oxygens (including phenoxy) is 2. The number of esters is 1. The molecule has 0 N–H and O–H groups in total. The van der Waals surface area contributed by atoms with Crippen molar-refractivity contribution in [1.82, 2.24) is 4.90 Å². The van der Waals surface area contributed by atoms with Gasteiger partial charge in [-0.1, -0.05) is 0 Å². The van der Waals surface area contributed by atoms with E-state index in [1.165, 1.54) is 12.0 Å². The summed E-state index contributed by atoms with van der Waals surface area (Å²) in [6.45, 7) is 5.62. The lowest BCUT2D eigenvalue weighted by atomic mass is 10.2.